The quantitative estimate of drug-likeness (QED) is 0.807. The molecule has 1 unspecified atom stereocenters. The van der Waals surface area contributed by atoms with Crippen molar-refractivity contribution in [1.29, 1.82) is 0 Å². The van der Waals surface area contributed by atoms with Crippen molar-refractivity contribution in [2.75, 3.05) is 39.5 Å². The van der Waals surface area contributed by atoms with Crippen molar-refractivity contribution < 1.29 is 9.47 Å². The maximum Gasteiger partial charge on any atom is 0.0702 e. The molecule has 4 heteroatoms. The van der Waals surface area contributed by atoms with E-state index in [9.17, 15) is 0 Å². The summed E-state index contributed by atoms with van der Waals surface area (Å²) >= 11 is 0. The lowest BCUT2D eigenvalue weighted by atomic mass is 9.90. The summed E-state index contributed by atoms with van der Waals surface area (Å²) in [6, 6.07) is 0. The molecule has 2 aliphatic rings. The lowest BCUT2D eigenvalue weighted by Crippen LogP contribution is -2.55. The van der Waals surface area contributed by atoms with Gasteiger partial charge in [0.2, 0.25) is 0 Å². The van der Waals surface area contributed by atoms with Crippen LogP contribution in [0.25, 0.3) is 0 Å². The Labute approximate surface area is 111 Å². The van der Waals surface area contributed by atoms with Crippen molar-refractivity contribution in [1.82, 2.24) is 4.90 Å². The minimum Gasteiger partial charge on any atom is -0.381 e. The van der Waals surface area contributed by atoms with Crippen molar-refractivity contribution in [3.63, 3.8) is 0 Å². The molecule has 2 rings (SSSR count). The molecule has 2 aliphatic heterocycles. The summed E-state index contributed by atoms with van der Waals surface area (Å²) in [6.45, 7) is 7.92. The molecule has 0 aromatic heterocycles. The molecule has 18 heavy (non-hydrogen) atoms. The van der Waals surface area contributed by atoms with Gasteiger partial charge in [0, 0.05) is 38.4 Å². The zero-order valence-corrected chi connectivity index (χ0v) is 11.7. The van der Waals surface area contributed by atoms with Crippen molar-refractivity contribution in [2.45, 2.75) is 50.7 Å². The molecular formula is C14H28N2O2. The summed E-state index contributed by atoms with van der Waals surface area (Å²) in [6.07, 6.45) is 5.95. The first kappa shape index (κ1) is 14.3. The standard InChI is InChI=1S/C14H28N2O2/c1-2-8-18-13-4-3-7-16(11-13)12-14(15)5-9-17-10-6-14/h13H,2-12,15H2,1H3. The van der Waals surface area contributed by atoms with Crippen LogP contribution in [0.2, 0.25) is 0 Å². The third-order valence-electron chi connectivity index (χ3n) is 4.05. The molecule has 0 radical (unpaired) electrons. The van der Waals surface area contributed by atoms with E-state index in [1.807, 2.05) is 0 Å². The third-order valence-corrected chi connectivity index (χ3v) is 4.05. The normalized spacial score (nSPS) is 29.3. The number of likely N-dealkylation sites (tertiary alicyclic amines) is 1. The molecule has 2 saturated heterocycles. The summed E-state index contributed by atoms with van der Waals surface area (Å²) in [5, 5.41) is 0. The molecule has 0 spiro atoms. The molecule has 2 N–H and O–H groups in total. The molecular weight excluding hydrogens is 228 g/mol. The van der Waals surface area contributed by atoms with Gasteiger partial charge in [0.25, 0.3) is 0 Å². The average molecular weight is 256 g/mol. The van der Waals surface area contributed by atoms with Gasteiger partial charge in [0.15, 0.2) is 0 Å². The van der Waals surface area contributed by atoms with E-state index < -0.39 is 0 Å². The largest absolute Gasteiger partial charge is 0.381 e. The van der Waals surface area contributed by atoms with Crippen LogP contribution in [0.5, 0.6) is 0 Å². The average Bonchev–Trinajstić information content (AvgIpc) is 2.37. The monoisotopic (exact) mass is 256 g/mol. The lowest BCUT2D eigenvalue weighted by Gasteiger charge is -2.41. The van der Waals surface area contributed by atoms with Crippen LogP contribution in [0.4, 0.5) is 0 Å². The van der Waals surface area contributed by atoms with E-state index in [2.05, 4.69) is 11.8 Å². The van der Waals surface area contributed by atoms with E-state index in [4.69, 9.17) is 15.2 Å². The van der Waals surface area contributed by atoms with E-state index in [0.717, 1.165) is 52.2 Å². The summed E-state index contributed by atoms with van der Waals surface area (Å²) in [4.78, 5) is 2.50. The minimum atomic E-state index is -0.0368. The van der Waals surface area contributed by atoms with Gasteiger partial charge in [-0.2, -0.15) is 0 Å². The fourth-order valence-corrected chi connectivity index (χ4v) is 2.96. The highest BCUT2D eigenvalue weighted by molar-refractivity contribution is 4.91. The minimum absolute atomic E-state index is 0.0368. The molecule has 4 nitrogen and oxygen atoms in total. The Hall–Kier alpha value is -0.160. The maximum absolute atomic E-state index is 6.47. The predicted octanol–water partition coefficient (Wildman–Crippen LogP) is 1.39. The number of ether oxygens (including phenoxy) is 2. The van der Waals surface area contributed by atoms with Gasteiger partial charge >= 0.3 is 0 Å². The molecule has 1 atom stereocenters. The molecule has 0 bridgehead atoms. The number of rotatable bonds is 5. The maximum atomic E-state index is 6.47. The van der Waals surface area contributed by atoms with Gasteiger partial charge < -0.3 is 15.2 Å². The van der Waals surface area contributed by atoms with Crippen LogP contribution in [0.1, 0.15) is 39.0 Å². The second-order valence-corrected chi connectivity index (χ2v) is 5.84. The Kier molecular flexibility index (Phi) is 5.42. The van der Waals surface area contributed by atoms with Crippen molar-refractivity contribution in [3.05, 3.63) is 0 Å². The number of nitrogens with zero attached hydrogens (tertiary/aromatic N) is 1. The molecule has 0 aromatic carbocycles. The van der Waals surface area contributed by atoms with Gasteiger partial charge in [-0.1, -0.05) is 6.92 Å². The third kappa shape index (κ3) is 4.19. The van der Waals surface area contributed by atoms with Crippen LogP contribution in [0, 0.1) is 0 Å². The number of nitrogens with two attached hydrogens (primary N) is 1. The Morgan fingerprint density at radius 2 is 2.17 bits per heavy atom. The second-order valence-electron chi connectivity index (χ2n) is 5.84. The van der Waals surface area contributed by atoms with Gasteiger partial charge in [0.1, 0.15) is 0 Å². The van der Waals surface area contributed by atoms with Gasteiger partial charge in [-0.3, -0.25) is 4.90 Å². The van der Waals surface area contributed by atoms with E-state index in [1.54, 1.807) is 0 Å². The fourth-order valence-electron chi connectivity index (χ4n) is 2.96. The molecule has 0 amide bonds. The van der Waals surface area contributed by atoms with Crippen LogP contribution >= 0.6 is 0 Å². The van der Waals surface area contributed by atoms with Crippen LogP contribution in [-0.2, 0) is 9.47 Å². The van der Waals surface area contributed by atoms with E-state index in [0.29, 0.717) is 6.10 Å². The molecule has 106 valence electrons. The Morgan fingerprint density at radius 3 is 2.89 bits per heavy atom. The summed E-state index contributed by atoms with van der Waals surface area (Å²) < 4.78 is 11.3. The Bertz CT molecular complexity index is 242. The fraction of sp³-hybridized carbons (Fsp3) is 1.00. The number of piperidine rings is 1. The highest BCUT2D eigenvalue weighted by Crippen LogP contribution is 2.22. The molecule has 0 aromatic rings. The van der Waals surface area contributed by atoms with Crippen LogP contribution in [0.3, 0.4) is 0 Å². The number of hydrogen-bond donors (Lipinski definition) is 1. The Balaban J connectivity index is 1.77. The smallest absolute Gasteiger partial charge is 0.0702 e. The lowest BCUT2D eigenvalue weighted by molar-refractivity contribution is -0.0167. The summed E-state index contributed by atoms with van der Waals surface area (Å²) in [7, 11) is 0. The highest BCUT2D eigenvalue weighted by atomic mass is 16.5. The van der Waals surface area contributed by atoms with E-state index in [1.165, 1.54) is 19.4 Å². The molecule has 2 heterocycles. The van der Waals surface area contributed by atoms with E-state index in [-0.39, 0.29) is 5.54 Å². The highest BCUT2D eigenvalue weighted by Gasteiger charge is 2.32. The van der Waals surface area contributed by atoms with Crippen molar-refractivity contribution in [2.24, 2.45) is 5.73 Å². The van der Waals surface area contributed by atoms with Gasteiger partial charge in [-0.15, -0.1) is 0 Å². The topological polar surface area (TPSA) is 47.7 Å². The first-order valence-corrected chi connectivity index (χ1v) is 7.42. The summed E-state index contributed by atoms with van der Waals surface area (Å²) in [5.74, 6) is 0. The zero-order chi connectivity index (χ0) is 12.8. The second kappa shape index (κ2) is 6.85. The van der Waals surface area contributed by atoms with Gasteiger partial charge in [-0.25, -0.2) is 0 Å². The molecule has 0 saturated carbocycles. The zero-order valence-electron chi connectivity index (χ0n) is 11.7. The molecule has 0 aliphatic carbocycles. The van der Waals surface area contributed by atoms with Crippen LogP contribution < -0.4 is 5.73 Å². The Morgan fingerprint density at radius 1 is 1.39 bits per heavy atom. The molecule has 2 fully saturated rings. The number of hydrogen-bond acceptors (Lipinski definition) is 4. The van der Waals surface area contributed by atoms with E-state index >= 15 is 0 Å². The summed E-state index contributed by atoms with van der Waals surface area (Å²) in [5.41, 5.74) is 6.44. The predicted molar refractivity (Wildman–Crippen MR) is 72.7 cm³/mol. The first-order valence-electron chi connectivity index (χ1n) is 7.42. The SMILES string of the molecule is CCCOC1CCCN(CC2(N)CCOCC2)C1. The van der Waals surface area contributed by atoms with Crippen LogP contribution in [-0.4, -0.2) is 56.0 Å². The van der Waals surface area contributed by atoms with Gasteiger partial charge in [-0.05, 0) is 38.6 Å². The van der Waals surface area contributed by atoms with Crippen molar-refractivity contribution >= 4 is 0 Å². The van der Waals surface area contributed by atoms with Gasteiger partial charge in [0.05, 0.1) is 6.10 Å². The first-order chi connectivity index (χ1) is 8.72. The van der Waals surface area contributed by atoms with Crippen molar-refractivity contribution in [3.8, 4) is 0 Å². The van der Waals surface area contributed by atoms with Crippen LogP contribution in [0.15, 0.2) is 0 Å².